The molecule has 0 amide bonds. The van der Waals surface area contributed by atoms with Gasteiger partial charge in [-0.15, -0.1) is 0 Å². The lowest BCUT2D eigenvalue weighted by atomic mass is 10.2. The van der Waals surface area contributed by atoms with Crippen LogP contribution in [0.5, 0.6) is 0 Å². The van der Waals surface area contributed by atoms with Crippen LogP contribution in [0, 0.1) is 0 Å². The average molecular weight is 312 g/mol. The number of aromatic nitrogens is 4. The van der Waals surface area contributed by atoms with Crippen molar-refractivity contribution in [3.8, 4) is 0 Å². The maximum atomic E-state index is 12.1. The van der Waals surface area contributed by atoms with Crippen LogP contribution >= 0.6 is 11.6 Å². The minimum atomic E-state index is -0.238. The minimum Gasteiger partial charge on any atom is -0.339 e. The van der Waals surface area contributed by atoms with Crippen LogP contribution in [-0.2, 0) is 0 Å². The summed E-state index contributed by atoms with van der Waals surface area (Å²) < 4.78 is 0. The molecule has 7 heteroatoms. The molecule has 3 N–H and O–H groups in total. The standard InChI is InChI=1S/C15H10ClN5O/c16-11-7-18-15(22)13-10(11)3-4-17-14(13)20-9-2-1-8-6-19-21-12(8)5-9/h1-7H,(H,17,20)(H,18,22)(H,19,21). The molecule has 0 atom stereocenters. The third-order valence-corrected chi connectivity index (χ3v) is 3.78. The lowest BCUT2D eigenvalue weighted by Crippen LogP contribution is -2.09. The van der Waals surface area contributed by atoms with Crippen molar-refractivity contribution in [1.29, 1.82) is 0 Å². The first-order valence-corrected chi connectivity index (χ1v) is 6.96. The molecule has 0 aliphatic heterocycles. The predicted octanol–water partition coefficient (Wildman–Crippen LogP) is 3.20. The zero-order valence-corrected chi connectivity index (χ0v) is 12.0. The monoisotopic (exact) mass is 311 g/mol. The molecule has 4 aromatic rings. The molecule has 108 valence electrons. The second-order valence-electron chi connectivity index (χ2n) is 4.84. The van der Waals surface area contributed by atoms with Crippen LogP contribution in [0.15, 0.2) is 47.7 Å². The summed E-state index contributed by atoms with van der Waals surface area (Å²) >= 11 is 6.13. The number of aromatic amines is 2. The maximum Gasteiger partial charge on any atom is 0.259 e. The van der Waals surface area contributed by atoms with Gasteiger partial charge in [0.15, 0.2) is 0 Å². The molecule has 22 heavy (non-hydrogen) atoms. The Kier molecular flexibility index (Phi) is 2.83. The van der Waals surface area contributed by atoms with Crippen molar-refractivity contribution in [2.24, 2.45) is 0 Å². The summed E-state index contributed by atoms with van der Waals surface area (Å²) in [5.74, 6) is 0.458. The van der Waals surface area contributed by atoms with Gasteiger partial charge in [0, 0.05) is 28.9 Å². The van der Waals surface area contributed by atoms with Crippen molar-refractivity contribution in [2.45, 2.75) is 0 Å². The maximum absolute atomic E-state index is 12.1. The number of nitrogens with zero attached hydrogens (tertiary/aromatic N) is 2. The lowest BCUT2D eigenvalue weighted by Gasteiger charge is -2.09. The SMILES string of the molecule is O=c1[nH]cc(Cl)c2ccnc(Nc3ccc4cn[nH]c4c3)c12. The van der Waals surface area contributed by atoms with Crippen LogP contribution in [0.1, 0.15) is 0 Å². The van der Waals surface area contributed by atoms with Gasteiger partial charge in [-0.3, -0.25) is 9.89 Å². The van der Waals surface area contributed by atoms with Crippen LogP contribution in [0.25, 0.3) is 21.7 Å². The Morgan fingerprint density at radius 2 is 2.14 bits per heavy atom. The van der Waals surface area contributed by atoms with E-state index in [1.54, 1.807) is 18.5 Å². The van der Waals surface area contributed by atoms with Crippen LogP contribution in [-0.4, -0.2) is 20.2 Å². The summed E-state index contributed by atoms with van der Waals surface area (Å²) in [6, 6.07) is 7.46. The number of anilines is 2. The molecule has 0 aliphatic rings. The number of halogens is 1. The number of nitrogens with one attached hydrogen (secondary N) is 3. The Labute approximate surface area is 129 Å². The molecule has 4 rings (SSSR count). The second-order valence-corrected chi connectivity index (χ2v) is 5.25. The Hall–Kier alpha value is -2.86. The molecule has 0 spiro atoms. The van der Waals surface area contributed by atoms with E-state index in [4.69, 9.17) is 11.6 Å². The third-order valence-electron chi connectivity index (χ3n) is 3.47. The van der Waals surface area contributed by atoms with Crippen LogP contribution in [0.4, 0.5) is 11.5 Å². The fraction of sp³-hybridized carbons (Fsp3) is 0. The normalized spacial score (nSPS) is 11.1. The van der Waals surface area contributed by atoms with Gasteiger partial charge in [0.1, 0.15) is 5.82 Å². The van der Waals surface area contributed by atoms with E-state index in [1.165, 1.54) is 6.20 Å². The van der Waals surface area contributed by atoms with Crippen LogP contribution in [0.3, 0.4) is 0 Å². The number of hydrogen-bond acceptors (Lipinski definition) is 4. The number of pyridine rings is 2. The molecule has 1 aromatic carbocycles. The number of rotatable bonds is 2. The number of hydrogen-bond donors (Lipinski definition) is 3. The molecule has 0 radical (unpaired) electrons. The Morgan fingerprint density at radius 3 is 3.05 bits per heavy atom. The highest BCUT2D eigenvalue weighted by Gasteiger charge is 2.10. The zero-order valence-electron chi connectivity index (χ0n) is 11.2. The summed E-state index contributed by atoms with van der Waals surface area (Å²) in [4.78, 5) is 19.0. The van der Waals surface area contributed by atoms with Gasteiger partial charge in [0.25, 0.3) is 5.56 Å². The molecule has 0 saturated carbocycles. The zero-order chi connectivity index (χ0) is 15.1. The van der Waals surface area contributed by atoms with Crippen LogP contribution < -0.4 is 10.9 Å². The van der Waals surface area contributed by atoms with Gasteiger partial charge in [0.05, 0.1) is 22.1 Å². The number of H-pyrrole nitrogens is 2. The molecule has 0 bridgehead atoms. The first-order valence-electron chi connectivity index (χ1n) is 6.58. The number of benzene rings is 1. The van der Waals surface area contributed by atoms with Crippen molar-refractivity contribution in [2.75, 3.05) is 5.32 Å². The molecular weight excluding hydrogens is 302 g/mol. The molecule has 0 aliphatic carbocycles. The summed E-state index contributed by atoms with van der Waals surface area (Å²) in [7, 11) is 0. The van der Waals surface area contributed by atoms with Crippen molar-refractivity contribution < 1.29 is 0 Å². The minimum absolute atomic E-state index is 0.238. The quantitative estimate of drug-likeness (QED) is 0.530. The lowest BCUT2D eigenvalue weighted by molar-refractivity contribution is 1.12. The molecular formula is C15H10ClN5O. The van der Waals surface area contributed by atoms with Crippen molar-refractivity contribution >= 4 is 44.8 Å². The van der Waals surface area contributed by atoms with E-state index in [2.05, 4.69) is 25.5 Å². The first-order chi connectivity index (χ1) is 10.7. The van der Waals surface area contributed by atoms with E-state index in [1.807, 2.05) is 18.2 Å². The van der Waals surface area contributed by atoms with E-state index in [0.29, 0.717) is 21.6 Å². The van der Waals surface area contributed by atoms with Gasteiger partial charge in [-0.2, -0.15) is 5.10 Å². The molecule has 0 saturated heterocycles. The molecule has 6 nitrogen and oxygen atoms in total. The van der Waals surface area contributed by atoms with Crippen molar-refractivity contribution in [3.63, 3.8) is 0 Å². The van der Waals surface area contributed by atoms with E-state index >= 15 is 0 Å². The van der Waals surface area contributed by atoms with Crippen molar-refractivity contribution in [1.82, 2.24) is 20.2 Å². The van der Waals surface area contributed by atoms with E-state index in [-0.39, 0.29) is 5.56 Å². The van der Waals surface area contributed by atoms with Gasteiger partial charge in [0.2, 0.25) is 0 Å². The average Bonchev–Trinajstić information content (AvgIpc) is 2.99. The third kappa shape index (κ3) is 2.01. The Bertz CT molecular complexity index is 1050. The topological polar surface area (TPSA) is 86.5 Å². The van der Waals surface area contributed by atoms with Gasteiger partial charge in [-0.25, -0.2) is 4.98 Å². The van der Waals surface area contributed by atoms with E-state index in [9.17, 15) is 4.79 Å². The molecule has 0 fully saturated rings. The summed E-state index contributed by atoms with van der Waals surface area (Å²) in [5, 5.41) is 12.6. The predicted molar refractivity (Wildman–Crippen MR) is 86.8 cm³/mol. The molecule has 0 unspecified atom stereocenters. The Morgan fingerprint density at radius 1 is 1.23 bits per heavy atom. The smallest absolute Gasteiger partial charge is 0.259 e. The first kappa shape index (κ1) is 12.8. The largest absolute Gasteiger partial charge is 0.339 e. The van der Waals surface area contributed by atoms with Gasteiger partial charge in [-0.05, 0) is 24.3 Å². The Balaban J connectivity index is 1.87. The van der Waals surface area contributed by atoms with E-state index in [0.717, 1.165) is 16.6 Å². The summed E-state index contributed by atoms with van der Waals surface area (Å²) in [5.41, 5.74) is 1.46. The highest BCUT2D eigenvalue weighted by molar-refractivity contribution is 6.35. The fourth-order valence-corrected chi connectivity index (χ4v) is 2.63. The van der Waals surface area contributed by atoms with E-state index < -0.39 is 0 Å². The van der Waals surface area contributed by atoms with Crippen LogP contribution in [0.2, 0.25) is 5.02 Å². The van der Waals surface area contributed by atoms with Gasteiger partial charge >= 0.3 is 0 Å². The highest BCUT2D eigenvalue weighted by atomic mass is 35.5. The van der Waals surface area contributed by atoms with Gasteiger partial charge < -0.3 is 10.3 Å². The fourth-order valence-electron chi connectivity index (χ4n) is 2.42. The molecule has 3 heterocycles. The second kappa shape index (κ2) is 4.85. The highest BCUT2D eigenvalue weighted by Crippen LogP contribution is 2.26. The summed E-state index contributed by atoms with van der Waals surface area (Å²) in [6.07, 6.45) is 4.84. The number of fused-ring (bicyclic) bond motifs is 2. The molecule has 3 aromatic heterocycles. The summed E-state index contributed by atoms with van der Waals surface area (Å²) in [6.45, 7) is 0. The van der Waals surface area contributed by atoms with Crippen molar-refractivity contribution in [3.05, 3.63) is 58.2 Å². The van der Waals surface area contributed by atoms with Gasteiger partial charge in [-0.1, -0.05) is 11.6 Å².